The van der Waals surface area contributed by atoms with Gasteiger partial charge in [-0.25, -0.2) is 0 Å². The predicted molar refractivity (Wildman–Crippen MR) is 129 cm³/mol. The van der Waals surface area contributed by atoms with Crippen LogP contribution in [-0.2, 0) is 16.0 Å². The van der Waals surface area contributed by atoms with Crippen LogP contribution in [0.2, 0.25) is 10.0 Å². The molecule has 192 valence electrons. The van der Waals surface area contributed by atoms with E-state index in [1.54, 1.807) is 18.2 Å². The molecule has 1 heterocycles. The van der Waals surface area contributed by atoms with Crippen LogP contribution >= 0.6 is 23.2 Å². The summed E-state index contributed by atoms with van der Waals surface area (Å²) in [5.74, 6) is -1.99. The van der Waals surface area contributed by atoms with Gasteiger partial charge >= 0.3 is 6.61 Å². The Bertz CT molecular complexity index is 1150. The van der Waals surface area contributed by atoms with E-state index in [-0.39, 0.29) is 42.4 Å². The number of hydrogen-bond donors (Lipinski definition) is 2. The van der Waals surface area contributed by atoms with Crippen molar-refractivity contribution in [3.8, 4) is 11.5 Å². The van der Waals surface area contributed by atoms with Gasteiger partial charge in [0.05, 0.1) is 6.10 Å². The van der Waals surface area contributed by atoms with E-state index in [0.717, 1.165) is 25.7 Å². The zero-order chi connectivity index (χ0) is 25.9. The SMILES string of the molecule is O=C1CC[C@@](Cc2c(Cl)cccc2Cl)(NC(=O)c2ccc(OC(F)F)c(OC3CCCC3)c2)C(=O)N1. The van der Waals surface area contributed by atoms with Crippen LogP contribution in [0.25, 0.3) is 0 Å². The maximum absolute atomic E-state index is 13.3. The second-order valence-corrected chi connectivity index (χ2v) is 9.67. The molecule has 1 atom stereocenters. The zero-order valence-electron chi connectivity index (χ0n) is 19.1. The van der Waals surface area contributed by atoms with Crippen molar-refractivity contribution in [1.29, 1.82) is 0 Å². The molecule has 1 aliphatic carbocycles. The van der Waals surface area contributed by atoms with Crippen molar-refractivity contribution in [1.82, 2.24) is 10.6 Å². The first-order valence-corrected chi connectivity index (χ1v) is 12.3. The molecule has 2 aliphatic rings. The summed E-state index contributed by atoms with van der Waals surface area (Å²) in [6, 6.07) is 8.72. The Hall–Kier alpha value is -2.91. The number of carbonyl (C=O) groups is 3. The van der Waals surface area contributed by atoms with Crippen molar-refractivity contribution < 1.29 is 32.6 Å². The van der Waals surface area contributed by atoms with Gasteiger partial charge in [0.25, 0.3) is 11.8 Å². The smallest absolute Gasteiger partial charge is 0.387 e. The molecule has 11 heteroatoms. The van der Waals surface area contributed by atoms with Gasteiger partial charge < -0.3 is 14.8 Å². The molecule has 0 radical (unpaired) electrons. The Morgan fingerprint density at radius 2 is 1.81 bits per heavy atom. The lowest BCUT2D eigenvalue weighted by Crippen LogP contribution is -2.64. The van der Waals surface area contributed by atoms with Gasteiger partial charge in [-0.2, -0.15) is 8.78 Å². The van der Waals surface area contributed by atoms with Crippen LogP contribution in [-0.4, -0.2) is 36.0 Å². The van der Waals surface area contributed by atoms with Crippen LogP contribution in [0.1, 0.15) is 54.4 Å². The van der Waals surface area contributed by atoms with E-state index >= 15 is 0 Å². The van der Waals surface area contributed by atoms with Crippen molar-refractivity contribution in [3.63, 3.8) is 0 Å². The zero-order valence-corrected chi connectivity index (χ0v) is 20.6. The highest BCUT2D eigenvalue weighted by atomic mass is 35.5. The van der Waals surface area contributed by atoms with Gasteiger partial charge in [-0.15, -0.1) is 0 Å². The van der Waals surface area contributed by atoms with Gasteiger partial charge in [-0.1, -0.05) is 29.3 Å². The second-order valence-electron chi connectivity index (χ2n) is 8.85. The third-order valence-corrected chi connectivity index (χ3v) is 7.09. The minimum Gasteiger partial charge on any atom is -0.487 e. The van der Waals surface area contributed by atoms with Crippen molar-refractivity contribution >= 4 is 40.9 Å². The number of imide groups is 1. The van der Waals surface area contributed by atoms with Crippen LogP contribution < -0.4 is 20.1 Å². The van der Waals surface area contributed by atoms with Crippen LogP contribution in [0.3, 0.4) is 0 Å². The molecule has 1 aliphatic heterocycles. The molecule has 7 nitrogen and oxygen atoms in total. The molecule has 0 aromatic heterocycles. The van der Waals surface area contributed by atoms with E-state index in [9.17, 15) is 23.2 Å². The molecule has 1 saturated carbocycles. The molecule has 2 aromatic carbocycles. The molecule has 2 N–H and O–H groups in total. The summed E-state index contributed by atoms with van der Waals surface area (Å²) in [4.78, 5) is 38.2. The molecule has 36 heavy (non-hydrogen) atoms. The van der Waals surface area contributed by atoms with Gasteiger partial charge in [0.2, 0.25) is 5.91 Å². The van der Waals surface area contributed by atoms with Crippen LogP contribution in [0.5, 0.6) is 11.5 Å². The molecule has 0 bridgehead atoms. The number of benzene rings is 2. The standard InChI is InChI=1S/C25H24Cl2F2N2O5/c26-17-6-3-7-18(27)16(17)13-25(11-10-21(32)30-23(25)34)31-22(33)14-8-9-19(36-24(28)29)20(12-14)35-15-4-1-2-5-15/h3,6-9,12,15,24H,1-2,4-5,10-11,13H2,(H,31,33)(H,30,32,34)/t25-/m0/s1. The first kappa shape index (κ1) is 26.2. The number of rotatable bonds is 8. The lowest BCUT2D eigenvalue weighted by molar-refractivity contribution is -0.138. The molecule has 1 saturated heterocycles. The molecule has 2 aromatic rings. The molecule has 0 spiro atoms. The van der Waals surface area contributed by atoms with Crippen molar-refractivity contribution in [2.45, 2.75) is 63.2 Å². The Morgan fingerprint density at radius 1 is 1.11 bits per heavy atom. The third kappa shape index (κ3) is 5.90. The normalized spacial score (nSPS) is 20.4. The van der Waals surface area contributed by atoms with Crippen LogP contribution in [0, 0.1) is 0 Å². The third-order valence-electron chi connectivity index (χ3n) is 6.38. The van der Waals surface area contributed by atoms with Gasteiger partial charge in [0, 0.05) is 28.5 Å². The molecule has 4 rings (SSSR count). The highest BCUT2D eigenvalue weighted by molar-refractivity contribution is 6.36. The van der Waals surface area contributed by atoms with E-state index < -0.39 is 29.9 Å². The Balaban J connectivity index is 1.64. The van der Waals surface area contributed by atoms with E-state index in [1.165, 1.54) is 18.2 Å². The quantitative estimate of drug-likeness (QED) is 0.456. The predicted octanol–water partition coefficient (Wildman–Crippen LogP) is 5.06. The van der Waals surface area contributed by atoms with Gasteiger partial charge in [0.15, 0.2) is 11.5 Å². The Labute approximate surface area is 216 Å². The molecular formula is C25H24Cl2F2N2O5. The first-order chi connectivity index (χ1) is 17.2. The van der Waals surface area contributed by atoms with Gasteiger partial charge in [0.1, 0.15) is 5.54 Å². The minimum absolute atomic E-state index is 0.00863. The molecular weight excluding hydrogens is 517 g/mol. The van der Waals surface area contributed by atoms with Crippen molar-refractivity contribution in [2.24, 2.45) is 0 Å². The fourth-order valence-corrected chi connectivity index (χ4v) is 5.03. The maximum atomic E-state index is 13.3. The van der Waals surface area contributed by atoms with Crippen molar-refractivity contribution in [3.05, 3.63) is 57.6 Å². The Morgan fingerprint density at radius 3 is 2.44 bits per heavy atom. The van der Waals surface area contributed by atoms with Crippen molar-refractivity contribution in [2.75, 3.05) is 0 Å². The largest absolute Gasteiger partial charge is 0.487 e. The highest BCUT2D eigenvalue weighted by Crippen LogP contribution is 2.35. The summed E-state index contributed by atoms with van der Waals surface area (Å²) < 4.78 is 36.3. The molecule has 0 unspecified atom stereocenters. The summed E-state index contributed by atoms with van der Waals surface area (Å²) in [7, 11) is 0. The fourth-order valence-electron chi connectivity index (χ4n) is 4.49. The number of nitrogens with one attached hydrogen (secondary N) is 2. The number of piperidine rings is 1. The highest BCUT2D eigenvalue weighted by Gasteiger charge is 2.45. The number of ether oxygens (including phenoxy) is 2. The number of hydrogen-bond acceptors (Lipinski definition) is 5. The van der Waals surface area contributed by atoms with E-state index in [4.69, 9.17) is 27.9 Å². The topological polar surface area (TPSA) is 93.7 Å². The average molecular weight is 541 g/mol. The lowest BCUT2D eigenvalue weighted by Gasteiger charge is -2.36. The monoisotopic (exact) mass is 540 g/mol. The van der Waals surface area contributed by atoms with E-state index in [1.807, 2.05) is 0 Å². The van der Waals surface area contributed by atoms with Crippen LogP contribution in [0.15, 0.2) is 36.4 Å². The number of alkyl halides is 2. The van der Waals surface area contributed by atoms with Gasteiger partial charge in [-0.05, 0) is 68.0 Å². The average Bonchev–Trinajstić information content (AvgIpc) is 3.33. The Kier molecular flexibility index (Phi) is 8.00. The number of amides is 3. The summed E-state index contributed by atoms with van der Waals surface area (Å²) in [6.07, 6.45) is 3.21. The fraction of sp³-hybridized carbons (Fsp3) is 0.400. The maximum Gasteiger partial charge on any atom is 0.387 e. The summed E-state index contributed by atoms with van der Waals surface area (Å²) in [5, 5.41) is 5.62. The summed E-state index contributed by atoms with van der Waals surface area (Å²) in [5.41, 5.74) is -1.01. The van der Waals surface area contributed by atoms with Gasteiger partial charge in [-0.3, -0.25) is 19.7 Å². The number of carbonyl (C=O) groups excluding carboxylic acids is 3. The minimum atomic E-state index is -3.07. The summed E-state index contributed by atoms with van der Waals surface area (Å²) >= 11 is 12.6. The molecule has 2 fully saturated rings. The second kappa shape index (κ2) is 11.0. The van der Waals surface area contributed by atoms with E-state index in [2.05, 4.69) is 15.4 Å². The first-order valence-electron chi connectivity index (χ1n) is 11.5. The summed E-state index contributed by atoms with van der Waals surface area (Å²) in [6.45, 7) is -3.07. The molecule has 3 amide bonds. The van der Waals surface area contributed by atoms with E-state index in [0.29, 0.717) is 15.6 Å². The van der Waals surface area contributed by atoms with Crippen LogP contribution in [0.4, 0.5) is 8.78 Å². The number of halogens is 4. The lowest BCUT2D eigenvalue weighted by atomic mass is 9.82.